The number of hydrogen-bond donors (Lipinski definition) is 3. The van der Waals surface area contributed by atoms with E-state index in [-0.39, 0.29) is 12.2 Å². The Kier molecular flexibility index (Phi) is 5.68. The van der Waals surface area contributed by atoms with Gasteiger partial charge in [0, 0.05) is 6.54 Å². The van der Waals surface area contributed by atoms with Gasteiger partial charge in [-0.15, -0.1) is 0 Å². The van der Waals surface area contributed by atoms with Crippen LogP contribution in [0.1, 0.15) is 11.1 Å². The number of urea groups is 1. The zero-order valence-corrected chi connectivity index (χ0v) is 12.7. The predicted octanol–water partition coefficient (Wildman–Crippen LogP) is 2.57. The molecule has 0 atom stereocenters. The lowest BCUT2D eigenvalue weighted by molar-refractivity contribution is -0.115. The number of aryl methyl sites for hydroxylation is 1. The van der Waals surface area contributed by atoms with Crippen molar-refractivity contribution < 1.29 is 14.0 Å². The Morgan fingerprint density at radius 3 is 2.39 bits per heavy atom. The van der Waals surface area contributed by atoms with Gasteiger partial charge in [0.05, 0.1) is 12.2 Å². The van der Waals surface area contributed by atoms with Crippen LogP contribution in [0.3, 0.4) is 0 Å². The van der Waals surface area contributed by atoms with Crippen LogP contribution in [0, 0.1) is 12.7 Å². The van der Waals surface area contributed by atoms with Gasteiger partial charge >= 0.3 is 6.03 Å². The van der Waals surface area contributed by atoms with Crippen molar-refractivity contribution in [2.24, 2.45) is 0 Å². The molecular weight excluding hydrogens is 297 g/mol. The van der Waals surface area contributed by atoms with E-state index in [2.05, 4.69) is 16.0 Å². The molecule has 0 aliphatic carbocycles. The number of benzene rings is 2. The number of amides is 3. The number of hydrogen-bond acceptors (Lipinski definition) is 2. The van der Waals surface area contributed by atoms with E-state index in [1.807, 2.05) is 31.2 Å². The van der Waals surface area contributed by atoms with Gasteiger partial charge in [0.1, 0.15) is 5.82 Å². The number of carbonyl (C=O) groups excluding carboxylic acids is 2. The molecule has 0 aliphatic heterocycles. The van der Waals surface area contributed by atoms with Gasteiger partial charge in [-0.25, -0.2) is 9.18 Å². The molecule has 0 aromatic heterocycles. The number of nitrogens with one attached hydrogen (secondary N) is 3. The second-order valence-corrected chi connectivity index (χ2v) is 5.05. The molecule has 6 heteroatoms. The van der Waals surface area contributed by atoms with Crippen LogP contribution in [-0.4, -0.2) is 18.5 Å². The van der Waals surface area contributed by atoms with Crippen molar-refractivity contribution in [1.82, 2.24) is 10.6 Å². The fraction of sp³-hybridized carbons (Fsp3) is 0.176. The highest BCUT2D eigenvalue weighted by molar-refractivity contribution is 5.94. The van der Waals surface area contributed by atoms with Crippen LogP contribution in [0.25, 0.3) is 0 Å². The Hall–Kier alpha value is -2.89. The van der Waals surface area contributed by atoms with Crippen LogP contribution in [0.2, 0.25) is 0 Å². The molecule has 23 heavy (non-hydrogen) atoms. The third-order valence-electron chi connectivity index (χ3n) is 3.13. The third-order valence-corrected chi connectivity index (χ3v) is 3.13. The number of carbonyl (C=O) groups is 2. The van der Waals surface area contributed by atoms with E-state index in [1.165, 1.54) is 18.2 Å². The topological polar surface area (TPSA) is 70.2 Å². The van der Waals surface area contributed by atoms with Crippen molar-refractivity contribution >= 4 is 17.6 Å². The van der Waals surface area contributed by atoms with Crippen LogP contribution in [-0.2, 0) is 11.3 Å². The first kappa shape index (κ1) is 16.5. The van der Waals surface area contributed by atoms with Crippen molar-refractivity contribution in [3.8, 4) is 0 Å². The molecule has 0 spiro atoms. The minimum absolute atomic E-state index is 0.0827. The maximum absolute atomic E-state index is 13.4. The van der Waals surface area contributed by atoms with Gasteiger partial charge in [0.2, 0.25) is 5.91 Å². The Morgan fingerprint density at radius 2 is 1.70 bits per heavy atom. The van der Waals surface area contributed by atoms with E-state index in [1.54, 1.807) is 6.07 Å². The van der Waals surface area contributed by atoms with Gasteiger partial charge in [-0.05, 0) is 24.6 Å². The van der Waals surface area contributed by atoms with Crippen molar-refractivity contribution in [2.75, 3.05) is 11.9 Å². The fourth-order valence-corrected chi connectivity index (χ4v) is 1.87. The molecular formula is C17H18FN3O2. The summed E-state index contributed by atoms with van der Waals surface area (Å²) < 4.78 is 13.4. The SMILES string of the molecule is Cc1ccc(CNC(=O)NCC(=O)Nc2ccccc2F)cc1. The van der Waals surface area contributed by atoms with Gasteiger partial charge in [0.25, 0.3) is 0 Å². The Bertz CT molecular complexity index is 686. The second kappa shape index (κ2) is 7.93. The first-order valence-electron chi connectivity index (χ1n) is 7.16. The standard InChI is InChI=1S/C17H18FN3O2/c1-12-6-8-13(9-7-12)10-19-17(23)20-11-16(22)21-15-5-3-2-4-14(15)18/h2-9H,10-11H2,1H3,(H,21,22)(H2,19,20,23). The highest BCUT2D eigenvalue weighted by atomic mass is 19.1. The van der Waals surface area contributed by atoms with E-state index in [4.69, 9.17) is 0 Å². The first-order chi connectivity index (χ1) is 11.0. The quantitative estimate of drug-likeness (QED) is 0.793. The van der Waals surface area contributed by atoms with Crippen LogP contribution in [0.5, 0.6) is 0 Å². The van der Waals surface area contributed by atoms with E-state index >= 15 is 0 Å². The van der Waals surface area contributed by atoms with Gasteiger partial charge < -0.3 is 16.0 Å². The number of rotatable bonds is 5. The number of para-hydroxylation sites is 1. The zero-order valence-electron chi connectivity index (χ0n) is 12.7. The summed E-state index contributed by atoms with van der Waals surface area (Å²) in [4.78, 5) is 23.3. The lowest BCUT2D eigenvalue weighted by Crippen LogP contribution is -2.39. The van der Waals surface area contributed by atoms with Crippen LogP contribution in [0.15, 0.2) is 48.5 Å². The van der Waals surface area contributed by atoms with Crippen molar-refractivity contribution in [2.45, 2.75) is 13.5 Å². The lowest BCUT2D eigenvalue weighted by atomic mass is 10.1. The van der Waals surface area contributed by atoms with Gasteiger partial charge in [-0.2, -0.15) is 0 Å². The molecule has 0 unspecified atom stereocenters. The molecule has 0 saturated heterocycles. The van der Waals surface area contributed by atoms with Crippen molar-refractivity contribution in [1.29, 1.82) is 0 Å². The maximum Gasteiger partial charge on any atom is 0.315 e. The van der Waals surface area contributed by atoms with Crippen LogP contribution < -0.4 is 16.0 Å². The average molecular weight is 315 g/mol. The molecule has 0 bridgehead atoms. The van der Waals surface area contributed by atoms with E-state index in [0.29, 0.717) is 6.54 Å². The largest absolute Gasteiger partial charge is 0.334 e. The second-order valence-electron chi connectivity index (χ2n) is 5.05. The molecule has 3 amide bonds. The Balaban J connectivity index is 1.72. The van der Waals surface area contributed by atoms with Gasteiger partial charge in [-0.3, -0.25) is 4.79 Å². The van der Waals surface area contributed by atoms with Crippen LogP contribution >= 0.6 is 0 Å². The van der Waals surface area contributed by atoms with Crippen LogP contribution in [0.4, 0.5) is 14.9 Å². The van der Waals surface area contributed by atoms with Gasteiger partial charge in [-0.1, -0.05) is 42.0 Å². The Morgan fingerprint density at radius 1 is 1.00 bits per heavy atom. The van der Waals surface area contributed by atoms with Gasteiger partial charge in [0.15, 0.2) is 0 Å². The summed E-state index contributed by atoms with van der Waals surface area (Å²) in [6.45, 7) is 2.10. The third kappa shape index (κ3) is 5.43. The van der Waals surface area contributed by atoms with E-state index in [0.717, 1.165) is 11.1 Å². The molecule has 2 rings (SSSR count). The predicted molar refractivity (Wildman–Crippen MR) is 86.4 cm³/mol. The minimum Gasteiger partial charge on any atom is -0.334 e. The summed E-state index contributed by atoms with van der Waals surface area (Å²) >= 11 is 0. The summed E-state index contributed by atoms with van der Waals surface area (Å²) in [5.41, 5.74) is 2.18. The Labute approximate surface area is 133 Å². The molecule has 120 valence electrons. The lowest BCUT2D eigenvalue weighted by Gasteiger charge is -2.09. The smallest absolute Gasteiger partial charge is 0.315 e. The zero-order chi connectivity index (χ0) is 16.7. The summed E-state index contributed by atoms with van der Waals surface area (Å²) in [6.07, 6.45) is 0. The first-order valence-corrected chi connectivity index (χ1v) is 7.16. The average Bonchev–Trinajstić information content (AvgIpc) is 2.54. The molecule has 5 nitrogen and oxygen atoms in total. The molecule has 3 N–H and O–H groups in total. The monoisotopic (exact) mass is 315 g/mol. The molecule has 0 aliphatic rings. The molecule has 0 radical (unpaired) electrons. The molecule has 0 fully saturated rings. The summed E-state index contributed by atoms with van der Waals surface area (Å²) in [6, 6.07) is 13.1. The fourth-order valence-electron chi connectivity index (χ4n) is 1.87. The maximum atomic E-state index is 13.4. The summed E-state index contributed by atoms with van der Waals surface area (Å²) in [5, 5.41) is 7.45. The highest BCUT2D eigenvalue weighted by Gasteiger charge is 2.08. The van der Waals surface area contributed by atoms with E-state index < -0.39 is 17.8 Å². The minimum atomic E-state index is -0.523. The molecule has 2 aromatic rings. The van der Waals surface area contributed by atoms with Crippen molar-refractivity contribution in [3.05, 3.63) is 65.5 Å². The normalized spacial score (nSPS) is 10.0. The summed E-state index contributed by atoms with van der Waals surface area (Å²) in [5.74, 6) is -1.02. The highest BCUT2D eigenvalue weighted by Crippen LogP contribution is 2.11. The number of halogens is 1. The summed E-state index contributed by atoms with van der Waals surface area (Å²) in [7, 11) is 0. The molecule has 0 saturated carbocycles. The molecule has 2 aromatic carbocycles. The van der Waals surface area contributed by atoms with E-state index in [9.17, 15) is 14.0 Å². The molecule has 0 heterocycles. The van der Waals surface area contributed by atoms with Crippen molar-refractivity contribution in [3.63, 3.8) is 0 Å². The number of anilines is 1.